The largest absolute Gasteiger partial charge is 0.490 e. The molecule has 0 radical (unpaired) electrons. The molecule has 0 saturated carbocycles. The maximum atomic E-state index is 14.9. The summed E-state index contributed by atoms with van der Waals surface area (Å²) in [5.41, 5.74) is 2.43. The average molecular weight is 476 g/mol. The van der Waals surface area contributed by atoms with Gasteiger partial charge in [-0.3, -0.25) is 9.63 Å². The molecule has 1 aliphatic rings. The summed E-state index contributed by atoms with van der Waals surface area (Å²) in [5.74, 6) is -2.03. The lowest BCUT2D eigenvalue weighted by Gasteiger charge is -2.16. The molecule has 26 heavy (non-hydrogen) atoms. The molecule has 0 saturated heterocycles. The molecule has 6 nitrogen and oxygen atoms in total. The number of hydrogen-bond donors (Lipinski definition) is 3. The molecular weight excluding hydrogens is 461 g/mol. The summed E-state index contributed by atoms with van der Waals surface area (Å²) < 4.78 is 35.0. The highest BCUT2D eigenvalue weighted by molar-refractivity contribution is 14.1. The Balaban J connectivity index is 2.00. The highest BCUT2D eigenvalue weighted by Crippen LogP contribution is 2.38. The van der Waals surface area contributed by atoms with Gasteiger partial charge in [0, 0.05) is 15.6 Å². The van der Waals surface area contributed by atoms with Gasteiger partial charge in [-0.25, -0.2) is 14.3 Å². The summed E-state index contributed by atoms with van der Waals surface area (Å²) in [5, 5.41) is 11.4. The van der Waals surface area contributed by atoms with E-state index >= 15 is 0 Å². The molecule has 0 aliphatic carbocycles. The molecule has 1 aliphatic heterocycles. The molecule has 0 atom stereocenters. The van der Waals surface area contributed by atoms with Crippen LogP contribution in [0.25, 0.3) is 0 Å². The minimum Gasteiger partial charge on any atom is -0.490 e. The van der Waals surface area contributed by atoms with E-state index in [1.807, 2.05) is 22.6 Å². The van der Waals surface area contributed by atoms with Crippen LogP contribution in [0.15, 0.2) is 24.3 Å². The number of halogens is 3. The van der Waals surface area contributed by atoms with Crippen molar-refractivity contribution in [2.24, 2.45) is 0 Å². The molecule has 2 aromatic rings. The van der Waals surface area contributed by atoms with Crippen LogP contribution in [0.4, 0.5) is 20.2 Å². The van der Waals surface area contributed by atoms with E-state index in [0.29, 0.717) is 22.2 Å². The molecule has 0 fully saturated rings. The van der Waals surface area contributed by atoms with Crippen LogP contribution in [0.1, 0.15) is 15.9 Å². The lowest BCUT2D eigenvalue weighted by atomic mass is 10.0. The van der Waals surface area contributed by atoms with Gasteiger partial charge in [0.15, 0.2) is 11.6 Å². The van der Waals surface area contributed by atoms with Gasteiger partial charge in [-0.1, -0.05) is 0 Å². The number of fused-ring (bicyclic) bond motifs is 1. The number of anilines is 2. The van der Waals surface area contributed by atoms with Gasteiger partial charge in [0.25, 0.3) is 5.91 Å². The predicted molar refractivity (Wildman–Crippen MR) is 98.5 cm³/mol. The summed E-state index contributed by atoms with van der Waals surface area (Å²) in [6, 6.07) is 5.87. The summed E-state index contributed by atoms with van der Waals surface area (Å²) in [4.78, 5) is 17.2. The topological polar surface area (TPSA) is 79.8 Å². The van der Waals surface area contributed by atoms with Crippen molar-refractivity contribution < 1.29 is 28.3 Å². The van der Waals surface area contributed by atoms with Crippen molar-refractivity contribution in [3.05, 3.63) is 50.6 Å². The van der Waals surface area contributed by atoms with Crippen molar-refractivity contribution >= 4 is 39.9 Å². The Kier molecular flexibility index (Phi) is 5.89. The van der Waals surface area contributed by atoms with Crippen LogP contribution < -0.4 is 15.5 Å². The third-order valence-electron chi connectivity index (χ3n) is 3.71. The van der Waals surface area contributed by atoms with E-state index in [1.54, 1.807) is 6.07 Å². The molecule has 0 bridgehead atoms. The zero-order valence-electron chi connectivity index (χ0n) is 13.4. The number of aliphatic hydroxyl groups excluding tert-OH is 1. The maximum absolute atomic E-state index is 14.9. The van der Waals surface area contributed by atoms with Crippen molar-refractivity contribution in [2.75, 3.05) is 25.1 Å². The van der Waals surface area contributed by atoms with Crippen molar-refractivity contribution in [1.29, 1.82) is 0 Å². The first kappa shape index (κ1) is 18.8. The summed E-state index contributed by atoms with van der Waals surface area (Å²) in [6.45, 7) is -0.0991. The van der Waals surface area contributed by atoms with E-state index in [1.165, 1.54) is 18.2 Å². The zero-order chi connectivity index (χ0) is 18.7. The van der Waals surface area contributed by atoms with Crippen molar-refractivity contribution in [1.82, 2.24) is 5.48 Å². The van der Waals surface area contributed by atoms with Gasteiger partial charge in [0.05, 0.1) is 36.8 Å². The second-order valence-corrected chi connectivity index (χ2v) is 6.70. The van der Waals surface area contributed by atoms with Crippen LogP contribution in [0, 0.1) is 15.2 Å². The fourth-order valence-corrected chi connectivity index (χ4v) is 2.99. The Morgan fingerprint density at radius 1 is 1.35 bits per heavy atom. The number of carbonyl (C=O) groups is 1. The zero-order valence-corrected chi connectivity index (χ0v) is 15.6. The number of benzene rings is 2. The van der Waals surface area contributed by atoms with Crippen LogP contribution in [0.5, 0.6) is 5.75 Å². The Morgan fingerprint density at radius 2 is 2.15 bits per heavy atom. The normalized spacial score (nSPS) is 12.5. The van der Waals surface area contributed by atoms with E-state index in [0.717, 1.165) is 0 Å². The highest BCUT2D eigenvalue weighted by atomic mass is 127. The van der Waals surface area contributed by atoms with Crippen LogP contribution in [-0.4, -0.2) is 30.8 Å². The SMILES string of the molecule is O=C(NOCCO)c1cc2c(c(F)c1Nc1ccc(I)cc1F)OCC2. The number of hydrogen-bond acceptors (Lipinski definition) is 5. The summed E-state index contributed by atoms with van der Waals surface area (Å²) >= 11 is 1.96. The molecule has 3 N–H and O–H groups in total. The lowest BCUT2D eigenvalue weighted by Crippen LogP contribution is -2.26. The smallest absolute Gasteiger partial charge is 0.277 e. The van der Waals surface area contributed by atoms with Gasteiger partial charge >= 0.3 is 0 Å². The van der Waals surface area contributed by atoms with E-state index in [4.69, 9.17) is 14.7 Å². The minimum atomic E-state index is -0.773. The number of rotatable bonds is 6. The van der Waals surface area contributed by atoms with Crippen molar-refractivity contribution in [3.8, 4) is 5.75 Å². The predicted octanol–water partition coefficient (Wildman–Crippen LogP) is 2.90. The van der Waals surface area contributed by atoms with Crippen LogP contribution in [0.2, 0.25) is 0 Å². The Bertz CT molecular complexity index is 848. The Morgan fingerprint density at radius 3 is 2.88 bits per heavy atom. The second kappa shape index (κ2) is 8.14. The number of aliphatic hydroxyl groups is 1. The van der Waals surface area contributed by atoms with Crippen LogP contribution in [0.3, 0.4) is 0 Å². The minimum absolute atomic E-state index is 0.0209. The standard InChI is InChI=1S/C17H15F2IN2O4/c18-12-8-10(20)1-2-13(12)21-15-11(17(24)22-26-6-4-23)7-9-3-5-25-16(9)14(15)19/h1-2,7-8,21,23H,3-6H2,(H,22,24). The van der Waals surface area contributed by atoms with Gasteiger partial charge < -0.3 is 15.2 Å². The number of amides is 1. The molecule has 138 valence electrons. The molecule has 2 aromatic carbocycles. The first-order valence-corrected chi connectivity index (χ1v) is 8.82. The summed E-state index contributed by atoms with van der Waals surface area (Å²) in [7, 11) is 0. The molecule has 0 aromatic heterocycles. The highest BCUT2D eigenvalue weighted by Gasteiger charge is 2.27. The number of nitrogens with one attached hydrogen (secondary N) is 2. The second-order valence-electron chi connectivity index (χ2n) is 5.45. The quantitative estimate of drug-likeness (QED) is 0.340. The first-order chi connectivity index (χ1) is 12.5. The van der Waals surface area contributed by atoms with Gasteiger partial charge in [0.1, 0.15) is 5.82 Å². The monoisotopic (exact) mass is 476 g/mol. The van der Waals surface area contributed by atoms with Crippen molar-refractivity contribution in [2.45, 2.75) is 6.42 Å². The van der Waals surface area contributed by atoms with Gasteiger partial charge in [0.2, 0.25) is 0 Å². The van der Waals surface area contributed by atoms with E-state index in [2.05, 4.69) is 10.8 Å². The van der Waals surface area contributed by atoms with E-state index in [-0.39, 0.29) is 35.9 Å². The van der Waals surface area contributed by atoms with E-state index < -0.39 is 17.5 Å². The molecular formula is C17H15F2IN2O4. The molecule has 0 unspecified atom stereocenters. The first-order valence-electron chi connectivity index (χ1n) is 7.74. The summed E-state index contributed by atoms with van der Waals surface area (Å²) in [6.07, 6.45) is 0.461. The van der Waals surface area contributed by atoms with Gasteiger partial charge in [-0.2, -0.15) is 0 Å². The molecule has 0 spiro atoms. The van der Waals surface area contributed by atoms with Crippen LogP contribution >= 0.6 is 22.6 Å². The van der Waals surface area contributed by atoms with Crippen LogP contribution in [-0.2, 0) is 11.3 Å². The van der Waals surface area contributed by atoms with Crippen molar-refractivity contribution in [3.63, 3.8) is 0 Å². The lowest BCUT2D eigenvalue weighted by molar-refractivity contribution is 0.0168. The molecule has 1 heterocycles. The number of hydroxylamine groups is 1. The third-order valence-corrected chi connectivity index (χ3v) is 4.38. The third kappa shape index (κ3) is 3.89. The Hall–Kier alpha value is -1.98. The number of ether oxygens (including phenoxy) is 1. The fourth-order valence-electron chi connectivity index (χ4n) is 2.53. The number of carbonyl (C=O) groups excluding carboxylic acids is 1. The fraction of sp³-hybridized carbons (Fsp3) is 0.235. The molecule has 3 rings (SSSR count). The Labute approximate surface area is 161 Å². The van der Waals surface area contributed by atoms with Gasteiger partial charge in [-0.15, -0.1) is 0 Å². The average Bonchev–Trinajstić information content (AvgIpc) is 3.08. The molecule has 9 heteroatoms. The van der Waals surface area contributed by atoms with E-state index in [9.17, 15) is 13.6 Å². The maximum Gasteiger partial charge on any atom is 0.277 e. The van der Waals surface area contributed by atoms with Gasteiger partial charge in [-0.05, 0) is 46.9 Å². The molecule has 1 amide bonds.